The minimum Gasteiger partial charge on any atom is -0.352 e. The van der Waals surface area contributed by atoms with Gasteiger partial charge in [-0.05, 0) is 12.1 Å². The van der Waals surface area contributed by atoms with Crippen molar-refractivity contribution in [3.05, 3.63) is 42.5 Å². The van der Waals surface area contributed by atoms with Gasteiger partial charge in [0.2, 0.25) is 0 Å². The lowest BCUT2D eigenvalue weighted by Gasteiger charge is -2.40. The third-order valence-electron chi connectivity index (χ3n) is 3.73. The first kappa shape index (κ1) is 12.8. The first-order chi connectivity index (χ1) is 10.7. The third-order valence-corrected chi connectivity index (χ3v) is 3.73. The lowest BCUT2D eigenvalue weighted by atomic mass is 10.1. The van der Waals surface area contributed by atoms with Gasteiger partial charge >= 0.3 is 0 Å². The topological polar surface area (TPSA) is 80.4 Å². The third kappa shape index (κ3) is 2.18. The number of hydrogen-bond acceptors (Lipinski definition) is 5. The van der Waals surface area contributed by atoms with E-state index in [1.54, 1.807) is 34.7 Å². The highest BCUT2D eigenvalue weighted by Crippen LogP contribution is 2.19. The second-order valence-electron chi connectivity index (χ2n) is 5.37. The van der Waals surface area contributed by atoms with Crippen LogP contribution >= 0.6 is 0 Å². The summed E-state index contributed by atoms with van der Waals surface area (Å²) in [6, 6.07) is 5.62. The molecule has 4 rings (SSSR count). The minimum absolute atomic E-state index is 0.123. The summed E-state index contributed by atoms with van der Waals surface area (Å²) in [7, 11) is 1.79. The summed E-state index contributed by atoms with van der Waals surface area (Å²) in [4.78, 5) is 18.7. The van der Waals surface area contributed by atoms with Crippen LogP contribution in [0.2, 0.25) is 0 Å². The molecule has 4 heterocycles. The Hall–Kier alpha value is -2.90. The molecule has 1 fully saturated rings. The highest BCUT2D eigenvalue weighted by atomic mass is 16.2. The lowest BCUT2D eigenvalue weighted by Crippen LogP contribution is -2.59. The van der Waals surface area contributed by atoms with Gasteiger partial charge in [-0.1, -0.05) is 0 Å². The highest BCUT2D eigenvalue weighted by molar-refractivity contribution is 5.92. The Labute approximate surface area is 126 Å². The first-order valence-electron chi connectivity index (χ1n) is 7.05. The number of carbonyl (C=O) groups excluding carboxylic acids is 1. The number of aryl methyl sites for hydroxylation is 1. The smallest absolute Gasteiger partial charge is 0.272 e. The Morgan fingerprint density at radius 2 is 2.14 bits per heavy atom. The van der Waals surface area contributed by atoms with Crippen LogP contribution in [0.3, 0.4) is 0 Å². The molecule has 0 aliphatic carbocycles. The number of amides is 1. The molecule has 0 aromatic carbocycles. The van der Waals surface area contributed by atoms with E-state index in [9.17, 15) is 4.79 Å². The molecule has 0 bridgehead atoms. The quantitative estimate of drug-likeness (QED) is 0.740. The summed E-state index contributed by atoms with van der Waals surface area (Å²) in [6.07, 6.45) is 5.36. The zero-order valence-corrected chi connectivity index (χ0v) is 12.0. The summed E-state index contributed by atoms with van der Waals surface area (Å²) in [5.74, 6) is 0.765. The van der Waals surface area contributed by atoms with Gasteiger partial charge in [0.15, 0.2) is 5.65 Å². The molecule has 1 aliphatic rings. The van der Waals surface area contributed by atoms with Crippen LogP contribution in [0.1, 0.15) is 10.5 Å². The van der Waals surface area contributed by atoms with Crippen LogP contribution in [0, 0.1) is 0 Å². The number of fused-ring (bicyclic) bond motifs is 1. The molecule has 8 nitrogen and oxygen atoms in total. The Bertz CT molecular complexity index is 830. The number of rotatable bonds is 3. The van der Waals surface area contributed by atoms with Gasteiger partial charge in [0.25, 0.3) is 5.91 Å². The molecule has 3 aromatic heterocycles. The zero-order chi connectivity index (χ0) is 15.1. The molecular weight excluding hydrogens is 282 g/mol. The van der Waals surface area contributed by atoms with Gasteiger partial charge in [0, 0.05) is 38.6 Å². The molecule has 0 atom stereocenters. The number of hydrogen-bond donors (Lipinski definition) is 1. The van der Waals surface area contributed by atoms with E-state index in [2.05, 4.69) is 25.4 Å². The maximum atomic E-state index is 12.0. The van der Waals surface area contributed by atoms with Gasteiger partial charge in [-0.15, -0.1) is 0 Å². The standard InChI is InChI=1S/C14H15N7O/c1-19-6-3-11(18-19)14(22)16-10-8-20(9-10)12-4-7-21-13(17-12)2-5-15-21/h2-7,10H,8-9H2,1H3,(H,16,22). The molecule has 8 heteroatoms. The van der Waals surface area contributed by atoms with E-state index >= 15 is 0 Å². The number of anilines is 1. The van der Waals surface area contributed by atoms with E-state index in [1.807, 2.05) is 18.3 Å². The van der Waals surface area contributed by atoms with Crippen LogP contribution in [0.4, 0.5) is 5.82 Å². The number of aromatic nitrogens is 5. The van der Waals surface area contributed by atoms with Gasteiger partial charge in [0.05, 0.1) is 12.2 Å². The maximum Gasteiger partial charge on any atom is 0.272 e. The molecule has 0 unspecified atom stereocenters. The molecule has 1 aliphatic heterocycles. The molecule has 3 aromatic rings. The van der Waals surface area contributed by atoms with E-state index in [-0.39, 0.29) is 11.9 Å². The Kier molecular flexibility index (Phi) is 2.81. The summed E-state index contributed by atoms with van der Waals surface area (Å²) in [6.45, 7) is 1.49. The largest absolute Gasteiger partial charge is 0.352 e. The van der Waals surface area contributed by atoms with Gasteiger partial charge in [0.1, 0.15) is 11.5 Å². The molecule has 1 saturated heterocycles. The van der Waals surface area contributed by atoms with Crippen molar-refractivity contribution in [2.24, 2.45) is 7.05 Å². The van der Waals surface area contributed by atoms with Crippen molar-refractivity contribution in [2.75, 3.05) is 18.0 Å². The van der Waals surface area contributed by atoms with E-state index in [4.69, 9.17) is 0 Å². The van der Waals surface area contributed by atoms with Gasteiger partial charge in [-0.25, -0.2) is 9.50 Å². The van der Waals surface area contributed by atoms with E-state index < -0.39 is 0 Å². The lowest BCUT2D eigenvalue weighted by molar-refractivity contribution is 0.0924. The number of nitrogens with zero attached hydrogens (tertiary/aromatic N) is 6. The Morgan fingerprint density at radius 3 is 2.91 bits per heavy atom. The first-order valence-corrected chi connectivity index (χ1v) is 7.05. The van der Waals surface area contributed by atoms with Gasteiger partial charge in [-0.2, -0.15) is 10.2 Å². The fourth-order valence-corrected chi connectivity index (χ4v) is 2.53. The van der Waals surface area contributed by atoms with Crippen molar-refractivity contribution in [3.63, 3.8) is 0 Å². The molecule has 1 N–H and O–H groups in total. The fraction of sp³-hybridized carbons (Fsp3) is 0.286. The van der Waals surface area contributed by atoms with Crippen molar-refractivity contribution in [3.8, 4) is 0 Å². The monoisotopic (exact) mass is 297 g/mol. The van der Waals surface area contributed by atoms with E-state index in [0.29, 0.717) is 5.69 Å². The van der Waals surface area contributed by atoms with Gasteiger partial charge in [-0.3, -0.25) is 9.48 Å². The van der Waals surface area contributed by atoms with Crippen molar-refractivity contribution >= 4 is 17.4 Å². The summed E-state index contributed by atoms with van der Waals surface area (Å²) in [5, 5.41) is 11.2. The molecule has 112 valence electrons. The van der Waals surface area contributed by atoms with E-state index in [0.717, 1.165) is 24.6 Å². The average molecular weight is 297 g/mol. The fourth-order valence-electron chi connectivity index (χ4n) is 2.53. The normalized spacial score (nSPS) is 15.0. The van der Waals surface area contributed by atoms with Gasteiger partial charge < -0.3 is 10.2 Å². The predicted molar refractivity (Wildman–Crippen MR) is 79.7 cm³/mol. The Balaban J connectivity index is 1.38. The van der Waals surface area contributed by atoms with Crippen molar-refractivity contribution in [1.29, 1.82) is 0 Å². The second-order valence-corrected chi connectivity index (χ2v) is 5.37. The van der Waals surface area contributed by atoms with E-state index in [1.165, 1.54) is 0 Å². The number of nitrogens with one attached hydrogen (secondary N) is 1. The van der Waals surface area contributed by atoms with Crippen LogP contribution in [0.15, 0.2) is 36.8 Å². The zero-order valence-electron chi connectivity index (χ0n) is 12.0. The highest BCUT2D eigenvalue weighted by Gasteiger charge is 2.29. The SMILES string of the molecule is Cn1ccc(C(=O)NC2CN(c3ccn4nccc4n3)C2)n1. The van der Waals surface area contributed by atoms with Crippen molar-refractivity contribution in [2.45, 2.75) is 6.04 Å². The molecule has 1 amide bonds. The van der Waals surface area contributed by atoms with Crippen LogP contribution in [0.5, 0.6) is 0 Å². The number of carbonyl (C=O) groups is 1. The molecule has 22 heavy (non-hydrogen) atoms. The van der Waals surface area contributed by atoms with Crippen LogP contribution in [-0.2, 0) is 7.05 Å². The predicted octanol–water partition coefficient (Wildman–Crippen LogP) is 0.0814. The van der Waals surface area contributed by atoms with Crippen LogP contribution in [-0.4, -0.2) is 49.4 Å². The molecule has 0 radical (unpaired) electrons. The minimum atomic E-state index is -0.135. The molecule has 0 saturated carbocycles. The van der Waals surface area contributed by atoms with Crippen LogP contribution < -0.4 is 10.2 Å². The van der Waals surface area contributed by atoms with Crippen molar-refractivity contribution in [1.82, 2.24) is 29.7 Å². The average Bonchev–Trinajstić information content (AvgIpc) is 3.09. The second kappa shape index (κ2) is 4.83. The van der Waals surface area contributed by atoms with Crippen molar-refractivity contribution < 1.29 is 4.79 Å². The van der Waals surface area contributed by atoms with Crippen LogP contribution in [0.25, 0.3) is 5.65 Å². The summed E-state index contributed by atoms with van der Waals surface area (Å²) in [5.41, 5.74) is 1.26. The summed E-state index contributed by atoms with van der Waals surface area (Å²) >= 11 is 0. The molecule has 0 spiro atoms. The maximum absolute atomic E-state index is 12.0. The summed E-state index contributed by atoms with van der Waals surface area (Å²) < 4.78 is 3.34. The Morgan fingerprint density at radius 1 is 1.27 bits per heavy atom. The molecular formula is C14H15N7O.